The van der Waals surface area contributed by atoms with Crippen LogP contribution < -0.4 is 10.1 Å². The third-order valence-electron chi connectivity index (χ3n) is 2.89. The first kappa shape index (κ1) is 11.4. The number of amides is 1. The smallest absolute Gasteiger partial charge is 0.329 e. The van der Waals surface area contributed by atoms with Gasteiger partial charge in [0, 0.05) is 0 Å². The van der Waals surface area contributed by atoms with Crippen LogP contribution in [-0.4, -0.2) is 34.8 Å². The second-order valence-corrected chi connectivity index (χ2v) is 3.93. The second kappa shape index (κ2) is 4.08. The molecule has 1 fully saturated rings. The summed E-state index contributed by atoms with van der Waals surface area (Å²) in [6.45, 7) is 0. The Morgan fingerprint density at radius 1 is 1.59 bits per heavy atom. The number of ether oxygens (including phenoxy) is 1. The quantitative estimate of drug-likeness (QED) is 0.790. The van der Waals surface area contributed by atoms with Gasteiger partial charge in [0.05, 0.1) is 13.2 Å². The molecule has 1 aromatic heterocycles. The van der Waals surface area contributed by atoms with Crippen LogP contribution in [0.2, 0.25) is 0 Å². The minimum atomic E-state index is -1.16. The number of carbonyl (C=O) groups excluding carboxylic acids is 1. The summed E-state index contributed by atoms with van der Waals surface area (Å²) in [5.74, 6) is -1.51. The number of hydrogen-bond donors (Lipinski definition) is 2. The Kier molecular flexibility index (Phi) is 2.74. The number of carbonyl (C=O) groups is 2. The van der Waals surface area contributed by atoms with E-state index in [2.05, 4.69) is 10.5 Å². The lowest BCUT2D eigenvalue weighted by atomic mass is 9.76. The summed E-state index contributed by atoms with van der Waals surface area (Å²) in [6.07, 6.45) is 1.64. The standard InChI is InChI=1S/C10H12N2O5/c1-16-7-5-6(17-12-7)8(13)11-10(9(14)15)3-2-4-10/h5H,2-4H2,1H3,(H,11,13)(H,14,15). The van der Waals surface area contributed by atoms with Gasteiger partial charge in [0.25, 0.3) is 11.8 Å². The van der Waals surface area contributed by atoms with Crippen molar-refractivity contribution in [2.75, 3.05) is 7.11 Å². The fourth-order valence-corrected chi connectivity index (χ4v) is 1.66. The maximum absolute atomic E-state index is 11.7. The van der Waals surface area contributed by atoms with Gasteiger partial charge < -0.3 is 19.7 Å². The molecule has 1 aliphatic rings. The summed E-state index contributed by atoms with van der Waals surface area (Å²) in [6, 6.07) is 1.31. The fraction of sp³-hybridized carbons (Fsp3) is 0.500. The molecule has 17 heavy (non-hydrogen) atoms. The Morgan fingerprint density at radius 3 is 2.71 bits per heavy atom. The Hall–Kier alpha value is -2.05. The Bertz CT molecular complexity index is 449. The van der Waals surface area contributed by atoms with Crippen LogP contribution in [0, 0.1) is 0 Å². The molecule has 1 aromatic rings. The van der Waals surface area contributed by atoms with Crippen LogP contribution in [0.4, 0.5) is 0 Å². The molecule has 1 amide bonds. The number of hydrogen-bond acceptors (Lipinski definition) is 5. The maximum atomic E-state index is 11.7. The van der Waals surface area contributed by atoms with Gasteiger partial charge in [0.1, 0.15) is 5.54 Å². The molecule has 92 valence electrons. The number of carboxylic acids is 1. The highest BCUT2D eigenvalue weighted by molar-refractivity contribution is 5.96. The van der Waals surface area contributed by atoms with E-state index in [4.69, 9.17) is 14.4 Å². The normalized spacial score (nSPS) is 17.0. The van der Waals surface area contributed by atoms with Crippen LogP contribution in [0.3, 0.4) is 0 Å². The number of methoxy groups -OCH3 is 1. The van der Waals surface area contributed by atoms with Crippen molar-refractivity contribution in [2.24, 2.45) is 0 Å². The second-order valence-electron chi connectivity index (χ2n) is 3.93. The van der Waals surface area contributed by atoms with Gasteiger partial charge >= 0.3 is 5.97 Å². The Balaban J connectivity index is 2.08. The molecule has 1 saturated carbocycles. The molecule has 7 nitrogen and oxygen atoms in total. The van der Waals surface area contributed by atoms with Gasteiger partial charge in [-0.05, 0) is 24.4 Å². The summed E-state index contributed by atoms with van der Waals surface area (Å²) < 4.78 is 9.49. The zero-order chi connectivity index (χ0) is 12.5. The SMILES string of the molecule is COc1cc(C(=O)NC2(C(=O)O)CCC2)on1. The zero-order valence-electron chi connectivity index (χ0n) is 9.23. The van der Waals surface area contributed by atoms with Crippen LogP contribution in [-0.2, 0) is 4.79 Å². The monoisotopic (exact) mass is 240 g/mol. The highest BCUT2D eigenvalue weighted by Gasteiger charge is 2.46. The van der Waals surface area contributed by atoms with Crippen molar-refractivity contribution in [1.29, 1.82) is 0 Å². The molecule has 1 heterocycles. The lowest BCUT2D eigenvalue weighted by Gasteiger charge is -2.37. The highest BCUT2D eigenvalue weighted by atomic mass is 16.5. The number of rotatable bonds is 4. The van der Waals surface area contributed by atoms with E-state index in [0.29, 0.717) is 12.8 Å². The number of nitrogens with zero attached hydrogens (tertiary/aromatic N) is 1. The number of nitrogens with one attached hydrogen (secondary N) is 1. The lowest BCUT2D eigenvalue weighted by Crippen LogP contribution is -2.59. The lowest BCUT2D eigenvalue weighted by molar-refractivity contribution is -0.148. The van der Waals surface area contributed by atoms with Crippen LogP contribution in [0.15, 0.2) is 10.6 Å². The van der Waals surface area contributed by atoms with Crippen molar-refractivity contribution < 1.29 is 24.0 Å². The largest absolute Gasteiger partial charge is 0.480 e. The number of carboxylic acid groups (broad SMARTS) is 1. The molecular formula is C10H12N2O5. The first-order chi connectivity index (χ1) is 8.07. The maximum Gasteiger partial charge on any atom is 0.329 e. The van der Waals surface area contributed by atoms with Crippen molar-refractivity contribution in [3.05, 3.63) is 11.8 Å². The molecular weight excluding hydrogens is 228 g/mol. The van der Waals surface area contributed by atoms with Crippen LogP contribution in [0.25, 0.3) is 0 Å². The average molecular weight is 240 g/mol. The topological polar surface area (TPSA) is 102 Å². The van der Waals surface area contributed by atoms with E-state index in [1.54, 1.807) is 0 Å². The molecule has 1 aliphatic carbocycles. The van der Waals surface area contributed by atoms with Crippen LogP contribution in [0.1, 0.15) is 29.8 Å². The minimum Gasteiger partial charge on any atom is -0.480 e. The first-order valence-corrected chi connectivity index (χ1v) is 5.14. The third kappa shape index (κ3) is 1.95. The predicted octanol–water partition coefficient (Wildman–Crippen LogP) is 0.420. The van der Waals surface area contributed by atoms with Crippen LogP contribution in [0.5, 0.6) is 5.88 Å². The molecule has 0 atom stereocenters. The summed E-state index contributed by atoms with van der Waals surface area (Å²) in [4.78, 5) is 22.8. The van der Waals surface area contributed by atoms with Gasteiger partial charge in [0.2, 0.25) is 5.76 Å². The number of aliphatic carboxylic acids is 1. The molecule has 2 N–H and O–H groups in total. The molecule has 7 heteroatoms. The van der Waals surface area contributed by atoms with Crippen molar-refractivity contribution in [2.45, 2.75) is 24.8 Å². The molecule has 0 radical (unpaired) electrons. The van der Waals surface area contributed by atoms with E-state index in [-0.39, 0.29) is 11.6 Å². The molecule has 0 bridgehead atoms. The van der Waals surface area contributed by atoms with E-state index in [9.17, 15) is 9.59 Å². The van der Waals surface area contributed by atoms with Crippen molar-refractivity contribution in [3.8, 4) is 5.88 Å². The molecule has 0 saturated heterocycles. The van der Waals surface area contributed by atoms with Gasteiger partial charge in [-0.15, -0.1) is 0 Å². The van der Waals surface area contributed by atoms with Gasteiger partial charge in [-0.2, -0.15) is 0 Å². The number of aromatic nitrogens is 1. The molecule has 0 aromatic carbocycles. The Morgan fingerprint density at radius 2 is 2.29 bits per heavy atom. The average Bonchev–Trinajstić information content (AvgIpc) is 2.71. The van der Waals surface area contributed by atoms with Gasteiger partial charge in [-0.1, -0.05) is 0 Å². The van der Waals surface area contributed by atoms with E-state index >= 15 is 0 Å². The van der Waals surface area contributed by atoms with Crippen molar-refractivity contribution in [1.82, 2.24) is 10.5 Å². The zero-order valence-corrected chi connectivity index (χ0v) is 9.23. The molecule has 0 unspecified atom stereocenters. The molecule has 0 aliphatic heterocycles. The first-order valence-electron chi connectivity index (χ1n) is 5.14. The van der Waals surface area contributed by atoms with E-state index in [1.165, 1.54) is 13.2 Å². The van der Waals surface area contributed by atoms with Crippen molar-refractivity contribution >= 4 is 11.9 Å². The fourth-order valence-electron chi connectivity index (χ4n) is 1.66. The predicted molar refractivity (Wildman–Crippen MR) is 54.7 cm³/mol. The van der Waals surface area contributed by atoms with Gasteiger partial charge in [-0.3, -0.25) is 4.79 Å². The van der Waals surface area contributed by atoms with E-state index in [0.717, 1.165) is 6.42 Å². The van der Waals surface area contributed by atoms with Crippen molar-refractivity contribution in [3.63, 3.8) is 0 Å². The highest BCUT2D eigenvalue weighted by Crippen LogP contribution is 2.32. The molecule has 0 spiro atoms. The van der Waals surface area contributed by atoms with E-state index < -0.39 is 17.4 Å². The summed E-state index contributed by atoms with van der Waals surface area (Å²) >= 11 is 0. The third-order valence-corrected chi connectivity index (χ3v) is 2.89. The van der Waals surface area contributed by atoms with Gasteiger partial charge in [0.15, 0.2) is 0 Å². The van der Waals surface area contributed by atoms with Gasteiger partial charge in [-0.25, -0.2) is 4.79 Å². The summed E-state index contributed by atoms with van der Waals surface area (Å²) in [5.41, 5.74) is -1.16. The Labute approximate surface area is 96.7 Å². The van der Waals surface area contributed by atoms with Crippen LogP contribution >= 0.6 is 0 Å². The van der Waals surface area contributed by atoms with E-state index in [1.807, 2.05) is 0 Å². The minimum absolute atomic E-state index is 0.0608. The summed E-state index contributed by atoms with van der Waals surface area (Å²) in [7, 11) is 1.39. The molecule has 2 rings (SSSR count). The summed E-state index contributed by atoms with van der Waals surface area (Å²) in [5, 5.41) is 15.0.